The standard InChI is InChI=1S/C15H17NO4/c1-11(7-8-13-10-19-13)15(18)20-14(17)9-16-12-5-3-2-4-6-12/h2-6,13,16H,1,7-10H2. The lowest BCUT2D eigenvalue weighted by molar-refractivity contribution is -0.155. The first kappa shape index (κ1) is 14.3. The minimum absolute atomic E-state index is 0.0607. The van der Waals surface area contributed by atoms with E-state index >= 15 is 0 Å². The molecule has 1 atom stereocenters. The van der Waals surface area contributed by atoms with E-state index < -0.39 is 11.9 Å². The van der Waals surface area contributed by atoms with E-state index in [0.29, 0.717) is 12.0 Å². The van der Waals surface area contributed by atoms with Crippen LogP contribution in [0, 0.1) is 0 Å². The highest BCUT2D eigenvalue weighted by molar-refractivity contribution is 5.96. The van der Waals surface area contributed by atoms with Gasteiger partial charge in [-0.1, -0.05) is 24.8 Å². The number of epoxide rings is 1. The van der Waals surface area contributed by atoms with Crippen molar-refractivity contribution in [2.24, 2.45) is 0 Å². The molecule has 0 spiro atoms. The summed E-state index contributed by atoms with van der Waals surface area (Å²) in [7, 11) is 0. The molecule has 1 fully saturated rings. The number of hydrogen-bond acceptors (Lipinski definition) is 5. The van der Waals surface area contributed by atoms with E-state index in [1.54, 1.807) is 0 Å². The number of anilines is 1. The number of ether oxygens (including phenoxy) is 2. The van der Waals surface area contributed by atoms with Crippen LogP contribution in [-0.4, -0.2) is 31.2 Å². The quantitative estimate of drug-likeness (QED) is 0.356. The summed E-state index contributed by atoms with van der Waals surface area (Å²) in [5, 5.41) is 2.87. The Hall–Kier alpha value is -2.14. The van der Waals surface area contributed by atoms with Gasteiger partial charge < -0.3 is 14.8 Å². The molecule has 5 heteroatoms. The van der Waals surface area contributed by atoms with Gasteiger partial charge in [0.15, 0.2) is 0 Å². The molecule has 1 aliphatic rings. The minimum Gasteiger partial charge on any atom is -0.388 e. The highest BCUT2D eigenvalue weighted by Crippen LogP contribution is 2.18. The van der Waals surface area contributed by atoms with Crippen molar-refractivity contribution < 1.29 is 19.1 Å². The molecule has 0 aromatic heterocycles. The van der Waals surface area contributed by atoms with Crippen LogP contribution in [0.2, 0.25) is 0 Å². The maximum Gasteiger partial charge on any atom is 0.341 e. The van der Waals surface area contributed by atoms with Crippen molar-refractivity contribution in [1.29, 1.82) is 0 Å². The van der Waals surface area contributed by atoms with Crippen molar-refractivity contribution >= 4 is 17.6 Å². The largest absolute Gasteiger partial charge is 0.388 e. The van der Waals surface area contributed by atoms with Gasteiger partial charge in [0.05, 0.1) is 12.7 Å². The molecule has 0 radical (unpaired) electrons. The van der Waals surface area contributed by atoms with E-state index in [-0.39, 0.29) is 12.6 Å². The fraction of sp³-hybridized carbons (Fsp3) is 0.333. The van der Waals surface area contributed by atoms with Gasteiger partial charge in [-0.05, 0) is 25.0 Å². The monoisotopic (exact) mass is 275 g/mol. The van der Waals surface area contributed by atoms with E-state index in [2.05, 4.69) is 11.9 Å². The molecule has 1 aliphatic heterocycles. The van der Waals surface area contributed by atoms with Crippen molar-refractivity contribution in [3.8, 4) is 0 Å². The maximum absolute atomic E-state index is 11.6. The minimum atomic E-state index is -0.662. The summed E-state index contributed by atoms with van der Waals surface area (Å²) in [6.07, 6.45) is 1.46. The molecule has 0 bridgehead atoms. The van der Waals surface area contributed by atoms with Gasteiger partial charge in [0, 0.05) is 11.3 Å². The molecular formula is C15H17NO4. The molecule has 0 amide bonds. The average Bonchev–Trinajstić information content (AvgIpc) is 3.28. The molecule has 20 heavy (non-hydrogen) atoms. The highest BCUT2D eigenvalue weighted by atomic mass is 16.6. The van der Waals surface area contributed by atoms with Gasteiger partial charge in [0.2, 0.25) is 0 Å². The molecule has 0 saturated carbocycles. The number of benzene rings is 1. The topological polar surface area (TPSA) is 67.9 Å². The van der Waals surface area contributed by atoms with Gasteiger partial charge in [-0.2, -0.15) is 0 Å². The fourth-order valence-electron chi connectivity index (χ4n) is 1.61. The fourth-order valence-corrected chi connectivity index (χ4v) is 1.61. The zero-order valence-corrected chi connectivity index (χ0v) is 11.1. The Balaban J connectivity index is 1.67. The van der Waals surface area contributed by atoms with E-state index in [0.717, 1.165) is 18.7 Å². The van der Waals surface area contributed by atoms with Crippen molar-refractivity contribution in [3.05, 3.63) is 42.5 Å². The normalized spacial score (nSPS) is 16.3. The van der Waals surface area contributed by atoms with Crippen LogP contribution in [0.1, 0.15) is 12.8 Å². The van der Waals surface area contributed by atoms with Crippen molar-refractivity contribution in [2.45, 2.75) is 18.9 Å². The number of carbonyl (C=O) groups is 2. The van der Waals surface area contributed by atoms with E-state index in [1.165, 1.54) is 0 Å². The van der Waals surface area contributed by atoms with Gasteiger partial charge in [-0.15, -0.1) is 0 Å². The number of esters is 2. The zero-order valence-electron chi connectivity index (χ0n) is 11.1. The molecular weight excluding hydrogens is 258 g/mol. The summed E-state index contributed by atoms with van der Waals surface area (Å²) in [6, 6.07) is 9.22. The Labute approximate surface area is 117 Å². The Morgan fingerprint density at radius 1 is 1.35 bits per heavy atom. The number of nitrogens with one attached hydrogen (secondary N) is 1. The van der Waals surface area contributed by atoms with Crippen LogP contribution in [0.5, 0.6) is 0 Å². The molecule has 0 aliphatic carbocycles. The van der Waals surface area contributed by atoms with E-state index in [4.69, 9.17) is 9.47 Å². The third-order valence-corrected chi connectivity index (χ3v) is 2.88. The predicted molar refractivity (Wildman–Crippen MR) is 74.1 cm³/mol. The van der Waals surface area contributed by atoms with Crippen LogP contribution in [0.4, 0.5) is 5.69 Å². The molecule has 2 rings (SSSR count). The summed E-state index contributed by atoms with van der Waals surface area (Å²) < 4.78 is 9.74. The van der Waals surface area contributed by atoms with Gasteiger partial charge in [-0.3, -0.25) is 0 Å². The van der Waals surface area contributed by atoms with Gasteiger partial charge >= 0.3 is 11.9 Å². The molecule has 1 N–H and O–H groups in total. The Bertz CT molecular complexity index is 494. The van der Waals surface area contributed by atoms with Crippen LogP contribution >= 0.6 is 0 Å². The second-order valence-corrected chi connectivity index (χ2v) is 4.58. The summed E-state index contributed by atoms with van der Waals surface area (Å²) in [5.74, 6) is -1.28. The molecule has 1 aromatic rings. The van der Waals surface area contributed by atoms with E-state index in [9.17, 15) is 9.59 Å². The smallest absolute Gasteiger partial charge is 0.341 e. The van der Waals surface area contributed by atoms with Crippen molar-refractivity contribution in [2.75, 3.05) is 18.5 Å². The predicted octanol–water partition coefficient (Wildman–Crippen LogP) is 1.90. The van der Waals surface area contributed by atoms with Crippen LogP contribution in [0.25, 0.3) is 0 Å². The number of hydrogen-bond donors (Lipinski definition) is 1. The summed E-state index contributed by atoms with van der Waals surface area (Å²) in [6.45, 7) is 4.30. The van der Waals surface area contributed by atoms with Crippen LogP contribution in [0.3, 0.4) is 0 Å². The second kappa shape index (κ2) is 6.86. The summed E-state index contributed by atoms with van der Waals surface area (Å²) in [4.78, 5) is 23.1. The second-order valence-electron chi connectivity index (χ2n) is 4.58. The number of para-hydroxylation sites is 1. The number of rotatable bonds is 7. The van der Waals surface area contributed by atoms with Crippen molar-refractivity contribution in [1.82, 2.24) is 0 Å². The first-order valence-corrected chi connectivity index (χ1v) is 6.48. The third-order valence-electron chi connectivity index (χ3n) is 2.88. The molecule has 1 heterocycles. The first-order valence-electron chi connectivity index (χ1n) is 6.48. The van der Waals surface area contributed by atoms with Gasteiger partial charge in [-0.25, -0.2) is 9.59 Å². The van der Waals surface area contributed by atoms with E-state index in [1.807, 2.05) is 30.3 Å². The first-order chi connectivity index (χ1) is 9.65. The Morgan fingerprint density at radius 3 is 2.70 bits per heavy atom. The summed E-state index contributed by atoms with van der Waals surface area (Å²) >= 11 is 0. The molecule has 5 nitrogen and oxygen atoms in total. The Morgan fingerprint density at radius 2 is 2.05 bits per heavy atom. The summed E-state index contributed by atoms with van der Waals surface area (Å²) in [5.41, 5.74) is 1.09. The Kier molecular flexibility index (Phi) is 4.90. The molecule has 1 unspecified atom stereocenters. The maximum atomic E-state index is 11.6. The van der Waals surface area contributed by atoms with Crippen LogP contribution < -0.4 is 5.32 Å². The lowest BCUT2D eigenvalue weighted by Crippen LogP contribution is -2.21. The molecule has 106 valence electrons. The van der Waals surface area contributed by atoms with Crippen LogP contribution in [-0.2, 0) is 19.1 Å². The lowest BCUT2D eigenvalue weighted by Gasteiger charge is -2.07. The lowest BCUT2D eigenvalue weighted by atomic mass is 10.1. The van der Waals surface area contributed by atoms with Crippen LogP contribution in [0.15, 0.2) is 42.5 Å². The van der Waals surface area contributed by atoms with Crippen molar-refractivity contribution in [3.63, 3.8) is 0 Å². The molecule has 1 aromatic carbocycles. The zero-order chi connectivity index (χ0) is 14.4. The average molecular weight is 275 g/mol. The highest BCUT2D eigenvalue weighted by Gasteiger charge is 2.23. The van der Waals surface area contributed by atoms with Gasteiger partial charge in [0.1, 0.15) is 6.54 Å². The number of carbonyl (C=O) groups excluding carboxylic acids is 2. The molecule has 1 saturated heterocycles. The SMILES string of the molecule is C=C(CCC1CO1)C(=O)OC(=O)CNc1ccccc1. The van der Waals surface area contributed by atoms with Gasteiger partial charge in [0.25, 0.3) is 0 Å². The third kappa shape index (κ3) is 4.85.